The number of nitrogens with zero attached hydrogens (tertiary/aromatic N) is 2. The highest BCUT2D eigenvalue weighted by Crippen LogP contribution is 2.16. The number of nitrogens with one attached hydrogen (secondary N) is 1. The van der Waals surface area contributed by atoms with Gasteiger partial charge in [0.05, 0.1) is 11.1 Å². The Kier molecular flexibility index (Phi) is 4.14. The molecule has 0 aliphatic heterocycles. The van der Waals surface area contributed by atoms with Gasteiger partial charge in [0.2, 0.25) is 0 Å². The number of hydrogen-bond acceptors (Lipinski definition) is 3. The highest BCUT2D eigenvalue weighted by atomic mass is 79.9. The highest BCUT2D eigenvalue weighted by Gasteiger charge is 2.09. The number of carbonyl (C=O) groups is 1. The van der Waals surface area contributed by atoms with Gasteiger partial charge in [-0.25, -0.2) is 0 Å². The van der Waals surface area contributed by atoms with E-state index < -0.39 is 0 Å². The number of halogens is 1. The number of hydrogen-bond donors (Lipinski definition) is 1. The van der Waals surface area contributed by atoms with Crippen molar-refractivity contribution in [3.05, 3.63) is 63.6 Å². The van der Waals surface area contributed by atoms with Crippen LogP contribution in [0.25, 0.3) is 0 Å². The van der Waals surface area contributed by atoms with Gasteiger partial charge in [0.1, 0.15) is 12.1 Å². The lowest BCUT2D eigenvalue weighted by Gasteiger charge is -2.06. The van der Waals surface area contributed by atoms with Gasteiger partial charge in [0, 0.05) is 15.7 Å². The average molecular weight is 326 g/mol. The van der Waals surface area contributed by atoms with Crippen LogP contribution in [-0.4, -0.2) is 5.91 Å². The third-order valence-corrected chi connectivity index (χ3v) is 3.15. The molecule has 2 aromatic carbocycles. The number of rotatable bonds is 2. The largest absolute Gasteiger partial charge is 0.322 e. The van der Waals surface area contributed by atoms with Crippen LogP contribution in [0.3, 0.4) is 0 Å². The molecule has 0 radical (unpaired) electrons. The Hall–Kier alpha value is -2.63. The number of nitriles is 2. The number of amides is 1. The first-order chi connectivity index (χ1) is 9.63. The normalized spacial score (nSPS) is 9.35. The van der Waals surface area contributed by atoms with Crippen LogP contribution in [0.2, 0.25) is 0 Å². The highest BCUT2D eigenvalue weighted by molar-refractivity contribution is 9.10. The third kappa shape index (κ3) is 3.03. The van der Waals surface area contributed by atoms with E-state index in [0.29, 0.717) is 11.3 Å². The van der Waals surface area contributed by atoms with E-state index in [9.17, 15) is 4.79 Å². The van der Waals surface area contributed by atoms with Crippen molar-refractivity contribution in [1.82, 2.24) is 0 Å². The minimum absolute atomic E-state index is 0.191. The Balaban J connectivity index is 2.24. The van der Waals surface area contributed by atoms with Crippen molar-refractivity contribution in [2.24, 2.45) is 0 Å². The van der Waals surface area contributed by atoms with Crippen molar-refractivity contribution in [3.8, 4) is 12.1 Å². The van der Waals surface area contributed by atoms with Crippen molar-refractivity contribution in [2.75, 3.05) is 5.32 Å². The maximum Gasteiger partial charge on any atom is 0.255 e. The van der Waals surface area contributed by atoms with Crippen LogP contribution in [0.5, 0.6) is 0 Å². The first-order valence-electron chi connectivity index (χ1n) is 5.65. The zero-order chi connectivity index (χ0) is 14.5. The molecule has 5 heteroatoms. The van der Waals surface area contributed by atoms with E-state index in [-0.39, 0.29) is 17.0 Å². The summed E-state index contributed by atoms with van der Waals surface area (Å²) in [4.78, 5) is 12.1. The van der Waals surface area contributed by atoms with Gasteiger partial charge in [-0.3, -0.25) is 4.79 Å². The lowest BCUT2D eigenvalue weighted by Crippen LogP contribution is -2.12. The first-order valence-corrected chi connectivity index (χ1v) is 6.44. The minimum Gasteiger partial charge on any atom is -0.322 e. The predicted molar refractivity (Wildman–Crippen MR) is 78.0 cm³/mol. The zero-order valence-corrected chi connectivity index (χ0v) is 11.8. The van der Waals surface area contributed by atoms with Crippen LogP contribution >= 0.6 is 15.9 Å². The Morgan fingerprint density at radius 1 is 1.00 bits per heavy atom. The molecular weight excluding hydrogens is 318 g/mol. The van der Waals surface area contributed by atoms with Crippen LogP contribution in [0.4, 0.5) is 5.69 Å². The maximum absolute atomic E-state index is 12.1. The van der Waals surface area contributed by atoms with E-state index in [1.807, 2.05) is 24.3 Å². The van der Waals surface area contributed by atoms with Gasteiger partial charge in [-0.05, 0) is 42.5 Å². The molecule has 1 amide bonds. The Morgan fingerprint density at radius 2 is 1.65 bits per heavy atom. The molecule has 0 aromatic heterocycles. The quantitative estimate of drug-likeness (QED) is 0.918. The summed E-state index contributed by atoms with van der Waals surface area (Å²) in [5.41, 5.74) is 1.44. The molecule has 0 aliphatic rings. The summed E-state index contributed by atoms with van der Waals surface area (Å²) in [7, 11) is 0. The molecule has 0 heterocycles. The van der Waals surface area contributed by atoms with Gasteiger partial charge >= 0.3 is 0 Å². The van der Waals surface area contributed by atoms with Crippen LogP contribution in [0.1, 0.15) is 21.5 Å². The molecule has 0 atom stereocenters. The summed E-state index contributed by atoms with van der Waals surface area (Å²) < 4.78 is 0.917. The van der Waals surface area contributed by atoms with Crippen LogP contribution < -0.4 is 5.32 Å². The van der Waals surface area contributed by atoms with Gasteiger partial charge < -0.3 is 5.32 Å². The van der Waals surface area contributed by atoms with Crippen molar-refractivity contribution < 1.29 is 4.79 Å². The van der Waals surface area contributed by atoms with E-state index in [4.69, 9.17) is 10.5 Å². The van der Waals surface area contributed by atoms with Crippen LogP contribution in [0.15, 0.2) is 46.9 Å². The predicted octanol–water partition coefficient (Wildman–Crippen LogP) is 3.44. The van der Waals surface area contributed by atoms with Crippen molar-refractivity contribution in [2.45, 2.75) is 0 Å². The topological polar surface area (TPSA) is 76.7 Å². The molecule has 0 saturated heterocycles. The number of carbonyl (C=O) groups excluding carboxylic acids is 1. The fourth-order valence-electron chi connectivity index (χ4n) is 1.61. The Labute approximate surface area is 124 Å². The second-order valence-electron chi connectivity index (χ2n) is 3.94. The molecule has 0 aliphatic carbocycles. The maximum atomic E-state index is 12.1. The van der Waals surface area contributed by atoms with E-state index >= 15 is 0 Å². The van der Waals surface area contributed by atoms with E-state index in [0.717, 1.165) is 4.47 Å². The molecule has 0 saturated carbocycles. The zero-order valence-electron chi connectivity index (χ0n) is 10.2. The van der Waals surface area contributed by atoms with Crippen molar-refractivity contribution in [1.29, 1.82) is 10.5 Å². The lowest BCUT2D eigenvalue weighted by atomic mass is 10.1. The van der Waals surface area contributed by atoms with Crippen LogP contribution in [0, 0.1) is 22.7 Å². The van der Waals surface area contributed by atoms with Crippen LogP contribution in [-0.2, 0) is 0 Å². The van der Waals surface area contributed by atoms with E-state index in [2.05, 4.69) is 21.2 Å². The summed E-state index contributed by atoms with van der Waals surface area (Å²) in [5, 5.41) is 20.5. The first kappa shape index (κ1) is 13.8. The second kappa shape index (κ2) is 6.01. The molecule has 0 spiro atoms. The monoisotopic (exact) mass is 325 g/mol. The van der Waals surface area contributed by atoms with E-state index in [1.54, 1.807) is 12.1 Å². The number of benzene rings is 2. The van der Waals surface area contributed by atoms with Gasteiger partial charge in [0.15, 0.2) is 0 Å². The summed E-state index contributed by atoms with van der Waals surface area (Å²) in [5.74, 6) is -0.326. The fourth-order valence-corrected chi connectivity index (χ4v) is 1.88. The van der Waals surface area contributed by atoms with Crippen molar-refractivity contribution in [3.63, 3.8) is 0 Å². The summed E-state index contributed by atoms with van der Waals surface area (Å²) in [6.07, 6.45) is 0. The molecule has 0 bridgehead atoms. The molecule has 2 aromatic rings. The smallest absolute Gasteiger partial charge is 0.255 e. The summed E-state index contributed by atoms with van der Waals surface area (Å²) in [6.45, 7) is 0. The standard InChI is InChI=1S/C15H8BrN3O/c16-13-3-5-14(6-4-13)19-15(20)10-1-2-11(8-17)12(7-10)9-18/h1-7H,(H,19,20). The van der Waals surface area contributed by atoms with Crippen molar-refractivity contribution >= 4 is 27.5 Å². The Bertz CT molecular complexity index is 739. The summed E-state index contributed by atoms with van der Waals surface area (Å²) in [6, 6.07) is 15.4. The summed E-state index contributed by atoms with van der Waals surface area (Å²) >= 11 is 3.31. The minimum atomic E-state index is -0.326. The molecular formula is C15H8BrN3O. The molecule has 4 nitrogen and oxygen atoms in total. The molecule has 96 valence electrons. The SMILES string of the molecule is N#Cc1ccc(C(=O)Nc2ccc(Br)cc2)cc1C#N. The van der Waals surface area contributed by atoms with E-state index in [1.165, 1.54) is 18.2 Å². The fraction of sp³-hybridized carbons (Fsp3) is 0. The molecule has 0 fully saturated rings. The molecule has 1 N–H and O–H groups in total. The third-order valence-electron chi connectivity index (χ3n) is 2.62. The van der Waals surface area contributed by atoms with Gasteiger partial charge in [-0.1, -0.05) is 15.9 Å². The molecule has 0 unspecified atom stereocenters. The van der Waals surface area contributed by atoms with Gasteiger partial charge in [-0.2, -0.15) is 10.5 Å². The molecule has 20 heavy (non-hydrogen) atoms. The molecule has 2 rings (SSSR count). The number of anilines is 1. The average Bonchev–Trinajstić information content (AvgIpc) is 2.48. The van der Waals surface area contributed by atoms with Gasteiger partial charge in [-0.15, -0.1) is 0 Å². The Morgan fingerprint density at radius 3 is 2.25 bits per heavy atom. The van der Waals surface area contributed by atoms with Gasteiger partial charge in [0.25, 0.3) is 5.91 Å². The lowest BCUT2D eigenvalue weighted by molar-refractivity contribution is 0.102. The second-order valence-corrected chi connectivity index (χ2v) is 4.86.